The average Bonchev–Trinajstić information content (AvgIpc) is 2.62. The van der Waals surface area contributed by atoms with Gasteiger partial charge in [0.2, 0.25) is 0 Å². The van der Waals surface area contributed by atoms with Crippen LogP contribution in [0.1, 0.15) is 16.7 Å². The lowest BCUT2D eigenvalue weighted by Gasteiger charge is -2.35. The Kier molecular flexibility index (Phi) is 5.95. The molecule has 1 fully saturated rings. The summed E-state index contributed by atoms with van der Waals surface area (Å²) >= 11 is 5.97. The van der Waals surface area contributed by atoms with Crippen molar-refractivity contribution in [2.24, 2.45) is 0 Å². The molecule has 0 unspecified atom stereocenters. The van der Waals surface area contributed by atoms with Crippen LogP contribution >= 0.6 is 11.6 Å². The van der Waals surface area contributed by atoms with Crippen LogP contribution in [0.25, 0.3) is 0 Å². The number of piperazine rings is 1. The minimum Gasteiger partial charge on any atom is -0.334 e. The zero-order valence-electron chi connectivity index (χ0n) is 14.5. The molecular weight excluding hydrogens is 334 g/mol. The summed E-state index contributed by atoms with van der Waals surface area (Å²) in [5.41, 5.74) is 3.70. The highest BCUT2D eigenvalue weighted by molar-refractivity contribution is 6.30. The van der Waals surface area contributed by atoms with Crippen LogP contribution in [0.4, 0.5) is 4.79 Å². The summed E-state index contributed by atoms with van der Waals surface area (Å²) in [6.45, 7) is 6.92. The van der Waals surface area contributed by atoms with Gasteiger partial charge in [0.15, 0.2) is 0 Å². The van der Waals surface area contributed by atoms with Crippen LogP contribution < -0.4 is 5.32 Å². The van der Waals surface area contributed by atoms with E-state index >= 15 is 0 Å². The van der Waals surface area contributed by atoms with Crippen molar-refractivity contribution in [2.45, 2.75) is 20.0 Å². The molecule has 1 aliphatic rings. The highest BCUT2D eigenvalue weighted by Crippen LogP contribution is 2.13. The summed E-state index contributed by atoms with van der Waals surface area (Å²) < 4.78 is 0. The summed E-state index contributed by atoms with van der Waals surface area (Å²) in [7, 11) is 0. The number of nitrogens with one attached hydrogen (secondary N) is 1. The second-order valence-corrected chi connectivity index (χ2v) is 6.91. The summed E-state index contributed by atoms with van der Waals surface area (Å²) in [4.78, 5) is 16.6. The maximum absolute atomic E-state index is 12.3. The largest absolute Gasteiger partial charge is 0.334 e. The number of halogens is 1. The molecule has 0 atom stereocenters. The van der Waals surface area contributed by atoms with Crippen LogP contribution in [0.2, 0.25) is 5.02 Å². The van der Waals surface area contributed by atoms with Gasteiger partial charge in [0.25, 0.3) is 0 Å². The molecule has 1 aliphatic heterocycles. The zero-order valence-corrected chi connectivity index (χ0v) is 15.3. The predicted molar refractivity (Wildman–Crippen MR) is 102 cm³/mol. The molecule has 0 aromatic heterocycles. The van der Waals surface area contributed by atoms with Crippen LogP contribution in [0, 0.1) is 6.92 Å². The van der Waals surface area contributed by atoms with Crippen molar-refractivity contribution in [3.8, 4) is 0 Å². The number of hydrogen-bond donors (Lipinski definition) is 1. The third kappa shape index (κ3) is 4.97. The van der Waals surface area contributed by atoms with Crippen molar-refractivity contribution in [3.63, 3.8) is 0 Å². The smallest absolute Gasteiger partial charge is 0.317 e. The molecule has 1 saturated heterocycles. The van der Waals surface area contributed by atoms with E-state index in [0.29, 0.717) is 11.6 Å². The topological polar surface area (TPSA) is 35.6 Å². The van der Waals surface area contributed by atoms with Gasteiger partial charge in [0.1, 0.15) is 0 Å². The van der Waals surface area contributed by atoms with Crippen LogP contribution in [0.5, 0.6) is 0 Å². The first-order valence-electron chi connectivity index (χ1n) is 8.66. The Morgan fingerprint density at radius 1 is 1.08 bits per heavy atom. The van der Waals surface area contributed by atoms with Gasteiger partial charge in [-0.3, -0.25) is 4.90 Å². The fraction of sp³-hybridized carbons (Fsp3) is 0.350. The monoisotopic (exact) mass is 357 g/mol. The summed E-state index contributed by atoms with van der Waals surface area (Å²) in [6, 6.07) is 16.1. The fourth-order valence-electron chi connectivity index (χ4n) is 3.07. The molecular formula is C20H24ClN3O. The second-order valence-electron chi connectivity index (χ2n) is 6.48. The standard InChI is InChI=1S/C20H24ClN3O/c1-16-5-2-3-7-18(16)15-23-9-11-24(12-10-23)20(25)22-14-17-6-4-8-19(21)13-17/h2-8,13H,9-12,14-15H2,1H3,(H,22,25). The summed E-state index contributed by atoms with van der Waals surface area (Å²) in [6.07, 6.45) is 0. The van der Waals surface area contributed by atoms with E-state index in [0.717, 1.165) is 38.3 Å². The number of amides is 2. The van der Waals surface area contributed by atoms with Crippen molar-refractivity contribution >= 4 is 17.6 Å². The maximum Gasteiger partial charge on any atom is 0.317 e. The SMILES string of the molecule is Cc1ccccc1CN1CCN(C(=O)NCc2cccc(Cl)c2)CC1. The lowest BCUT2D eigenvalue weighted by atomic mass is 10.1. The Labute approximate surface area is 154 Å². The first kappa shape index (κ1) is 17.8. The van der Waals surface area contributed by atoms with Crippen molar-refractivity contribution in [1.82, 2.24) is 15.1 Å². The van der Waals surface area contributed by atoms with E-state index in [1.807, 2.05) is 29.2 Å². The lowest BCUT2D eigenvalue weighted by molar-refractivity contribution is 0.135. The molecule has 5 heteroatoms. The van der Waals surface area contributed by atoms with Crippen molar-refractivity contribution < 1.29 is 4.79 Å². The van der Waals surface area contributed by atoms with Gasteiger partial charge < -0.3 is 10.2 Å². The molecule has 4 nitrogen and oxygen atoms in total. The quantitative estimate of drug-likeness (QED) is 0.906. The van der Waals surface area contributed by atoms with Crippen LogP contribution in [-0.4, -0.2) is 42.0 Å². The van der Waals surface area contributed by atoms with Crippen LogP contribution in [-0.2, 0) is 13.1 Å². The molecule has 0 aliphatic carbocycles. The summed E-state index contributed by atoms with van der Waals surface area (Å²) in [5.74, 6) is 0. The van der Waals surface area contributed by atoms with Gasteiger partial charge in [-0.2, -0.15) is 0 Å². The molecule has 1 heterocycles. The molecule has 0 bridgehead atoms. The Morgan fingerprint density at radius 2 is 1.84 bits per heavy atom. The number of aryl methyl sites for hydroxylation is 1. The van der Waals surface area contributed by atoms with E-state index in [4.69, 9.17) is 11.6 Å². The van der Waals surface area contributed by atoms with E-state index in [9.17, 15) is 4.79 Å². The third-order valence-corrected chi connectivity index (χ3v) is 4.88. The van der Waals surface area contributed by atoms with Crippen molar-refractivity contribution in [2.75, 3.05) is 26.2 Å². The van der Waals surface area contributed by atoms with Gasteiger partial charge in [-0.1, -0.05) is 48.0 Å². The summed E-state index contributed by atoms with van der Waals surface area (Å²) in [5, 5.41) is 3.67. The van der Waals surface area contributed by atoms with E-state index in [-0.39, 0.29) is 6.03 Å². The molecule has 132 valence electrons. The van der Waals surface area contributed by atoms with E-state index in [1.165, 1.54) is 11.1 Å². The van der Waals surface area contributed by atoms with E-state index < -0.39 is 0 Å². The molecule has 0 saturated carbocycles. The average molecular weight is 358 g/mol. The van der Waals surface area contributed by atoms with Gasteiger partial charge >= 0.3 is 6.03 Å². The molecule has 0 radical (unpaired) electrons. The molecule has 2 aromatic rings. The molecule has 2 amide bonds. The number of carbonyl (C=O) groups excluding carboxylic acids is 1. The van der Waals surface area contributed by atoms with Gasteiger partial charge in [-0.25, -0.2) is 4.79 Å². The number of hydrogen-bond acceptors (Lipinski definition) is 2. The molecule has 2 aromatic carbocycles. The normalized spacial score (nSPS) is 15.2. The lowest BCUT2D eigenvalue weighted by Crippen LogP contribution is -2.51. The number of rotatable bonds is 4. The Morgan fingerprint density at radius 3 is 2.56 bits per heavy atom. The Bertz CT molecular complexity index is 726. The minimum absolute atomic E-state index is 0.00415. The number of urea groups is 1. The van der Waals surface area contributed by atoms with Crippen molar-refractivity contribution in [1.29, 1.82) is 0 Å². The van der Waals surface area contributed by atoms with Crippen molar-refractivity contribution in [3.05, 3.63) is 70.2 Å². The van der Waals surface area contributed by atoms with E-state index in [2.05, 4.69) is 41.4 Å². The van der Waals surface area contributed by atoms with Gasteiger partial charge in [-0.05, 0) is 35.7 Å². The number of benzene rings is 2. The fourth-order valence-corrected chi connectivity index (χ4v) is 3.29. The maximum atomic E-state index is 12.3. The predicted octanol–water partition coefficient (Wildman–Crippen LogP) is 3.68. The molecule has 3 rings (SSSR count). The van der Waals surface area contributed by atoms with Crippen LogP contribution in [0.15, 0.2) is 48.5 Å². The Hall–Kier alpha value is -2.04. The third-order valence-electron chi connectivity index (χ3n) is 4.65. The van der Waals surface area contributed by atoms with E-state index in [1.54, 1.807) is 0 Å². The van der Waals surface area contributed by atoms with Gasteiger partial charge in [-0.15, -0.1) is 0 Å². The van der Waals surface area contributed by atoms with Gasteiger partial charge in [0.05, 0.1) is 0 Å². The second kappa shape index (κ2) is 8.37. The molecule has 0 spiro atoms. The van der Waals surface area contributed by atoms with Crippen LogP contribution in [0.3, 0.4) is 0 Å². The Balaban J connectivity index is 1.45. The first-order chi connectivity index (χ1) is 12.1. The molecule has 25 heavy (non-hydrogen) atoms. The minimum atomic E-state index is -0.00415. The highest BCUT2D eigenvalue weighted by Gasteiger charge is 2.21. The highest BCUT2D eigenvalue weighted by atomic mass is 35.5. The zero-order chi connectivity index (χ0) is 17.6. The number of nitrogens with zero attached hydrogens (tertiary/aromatic N) is 2. The molecule has 1 N–H and O–H groups in total. The first-order valence-corrected chi connectivity index (χ1v) is 9.04. The number of carbonyl (C=O) groups is 1. The van der Waals surface area contributed by atoms with Gasteiger partial charge in [0, 0.05) is 44.3 Å².